The summed E-state index contributed by atoms with van der Waals surface area (Å²) in [6.07, 6.45) is 0. The number of rotatable bonds is 5. The molecule has 0 spiro atoms. The minimum absolute atomic E-state index is 0.674. The van der Waals surface area contributed by atoms with E-state index < -0.39 is 0 Å². The molecule has 12 aromatic carbocycles. The Balaban J connectivity index is 1.01. The Bertz CT molecular complexity index is 4560. The molecule has 0 aliphatic heterocycles. The lowest BCUT2D eigenvalue weighted by atomic mass is 9.91. The van der Waals surface area contributed by atoms with Crippen LogP contribution in [0.3, 0.4) is 0 Å². The topological polar surface area (TPSA) is 43.9 Å². The van der Waals surface area contributed by atoms with Crippen LogP contribution in [0.4, 0.5) is 0 Å². The van der Waals surface area contributed by atoms with Gasteiger partial charge in [0, 0.05) is 38.7 Å². The zero-order valence-corrected chi connectivity index (χ0v) is 37.8. The third kappa shape index (κ3) is 6.03. The Labute approximate surface area is 402 Å². The molecule has 3 heterocycles. The molecule has 0 fully saturated rings. The fraction of sp³-hybridized carbons (Fsp3) is 0. The maximum absolute atomic E-state index is 6.36. The quantitative estimate of drug-likeness (QED) is 0.162. The third-order valence-electron chi connectivity index (χ3n) is 14.5. The van der Waals surface area contributed by atoms with Crippen LogP contribution >= 0.6 is 0 Å². The van der Waals surface area contributed by atoms with E-state index in [0.29, 0.717) is 5.82 Å². The van der Waals surface area contributed by atoms with Crippen molar-refractivity contribution in [3.8, 4) is 50.7 Å². The second kappa shape index (κ2) is 15.1. The SMILES string of the molecule is c1ccc(-c2ccc3c(c2)c2cc4c5ccccc5c5cc(-c6ccc7c(c6)oc6ccccc67)ccc5c4cc2n3-c2cc(-c3ccc4ccccc4c3)nc(-c3ccc4ccccc4c3)n2)cc1. The van der Waals surface area contributed by atoms with Crippen molar-refractivity contribution < 1.29 is 4.42 Å². The molecule has 70 heavy (non-hydrogen) atoms. The van der Waals surface area contributed by atoms with E-state index in [4.69, 9.17) is 14.4 Å². The van der Waals surface area contributed by atoms with E-state index >= 15 is 0 Å². The summed E-state index contributed by atoms with van der Waals surface area (Å²) >= 11 is 0. The predicted molar refractivity (Wildman–Crippen MR) is 293 cm³/mol. The monoisotopic (exact) mass is 889 g/mol. The number of fused-ring (bicyclic) bond motifs is 14. The van der Waals surface area contributed by atoms with Gasteiger partial charge in [-0.2, -0.15) is 0 Å². The van der Waals surface area contributed by atoms with E-state index in [-0.39, 0.29) is 0 Å². The number of benzene rings is 12. The molecule has 4 nitrogen and oxygen atoms in total. The zero-order chi connectivity index (χ0) is 45.9. The van der Waals surface area contributed by atoms with E-state index in [2.05, 4.69) is 229 Å². The molecule has 0 saturated heterocycles. The molecule has 3 aromatic heterocycles. The minimum atomic E-state index is 0.674. The Morgan fingerprint density at radius 2 is 0.800 bits per heavy atom. The van der Waals surface area contributed by atoms with Gasteiger partial charge in [-0.15, -0.1) is 0 Å². The van der Waals surface area contributed by atoms with E-state index in [1.807, 2.05) is 12.1 Å². The molecule has 0 atom stereocenters. The molecule has 15 rings (SSSR count). The highest BCUT2D eigenvalue weighted by atomic mass is 16.3. The molecule has 0 aliphatic carbocycles. The third-order valence-corrected chi connectivity index (χ3v) is 14.5. The second-order valence-electron chi connectivity index (χ2n) is 18.5. The van der Waals surface area contributed by atoms with Crippen molar-refractivity contribution in [3.05, 3.63) is 237 Å². The first-order chi connectivity index (χ1) is 34.6. The van der Waals surface area contributed by atoms with Gasteiger partial charge in [0.25, 0.3) is 0 Å². The highest BCUT2D eigenvalue weighted by Gasteiger charge is 2.21. The lowest BCUT2D eigenvalue weighted by Crippen LogP contribution is -2.02. The molecule has 0 unspecified atom stereocenters. The lowest BCUT2D eigenvalue weighted by Gasteiger charge is -2.15. The van der Waals surface area contributed by atoms with Crippen LogP contribution in [0.5, 0.6) is 0 Å². The first-order valence-electron chi connectivity index (χ1n) is 23.9. The Morgan fingerprint density at radius 1 is 0.271 bits per heavy atom. The summed E-state index contributed by atoms with van der Waals surface area (Å²) in [5, 5.41) is 16.5. The van der Waals surface area contributed by atoms with Gasteiger partial charge in [-0.3, -0.25) is 4.57 Å². The number of hydrogen-bond donors (Lipinski definition) is 0. The first-order valence-corrected chi connectivity index (χ1v) is 23.9. The van der Waals surface area contributed by atoms with E-state index in [1.54, 1.807) is 0 Å². The van der Waals surface area contributed by atoms with Gasteiger partial charge in [0.2, 0.25) is 0 Å². The van der Waals surface area contributed by atoms with E-state index in [1.165, 1.54) is 65.0 Å². The standard InChI is InChI=1S/C66H39N3O/c1-2-12-40(13-3-1)45-28-31-61-58(35-45)59-37-56-51-19-9-8-18-50(51)55-34-46(47-27-30-54-53-20-10-11-21-63(53)70-64(54)36-47)26-29-52(55)57(56)38-62(59)69(61)65-39-60(48-24-22-41-14-4-6-16-43(41)32-48)67-66(68-65)49-25-23-42-15-5-7-17-44(42)33-49/h1-39H. The van der Waals surface area contributed by atoms with Crippen molar-refractivity contribution in [2.45, 2.75) is 0 Å². The second-order valence-corrected chi connectivity index (χ2v) is 18.5. The van der Waals surface area contributed by atoms with Crippen LogP contribution in [0.2, 0.25) is 0 Å². The molecule has 324 valence electrons. The molecule has 0 amide bonds. The molecular formula is C66H39N3O. The van der Waals surface area contributed by atoms with Gasteiger partial charge in [0.15, 0.2) is 5.82 Å². The van der Waals surface area contributed by atoms with Crippen molar-refractivity contribution in [1.29, 1.82) is 0 Å². The van der Waals surface area contributed by atoms with Crippen LogP contribution in [0.25, 0.3) is 148 Å². The zero-order valence-electron chi connectivity index (χ0n) is 37.8. The van der Waals surface area contributed by atoms with E-state index in [0.717, 1.165) is 77.5 Å². The van der Waals surface area contributed by atoms with Gasteiger partial charge < -0.3 is 4.42 Å². The summed E-state index contributed by atoms with van der Waals surface area (Å²) < 4.78 is 8.73. The number of aromatic nitrogens is 3. The molecule has 0 saturated carbocycles. The number of nitrogens with zero attached hydrogens (tertiary/aromatic N) is 3. The van der Waals surface area contributed by atoms with Crippen molar-refractivity contribution in [2.75, 3.05) is 0 Å². The summed E-state index contributed by atoms with van der Waals surface area (Å²) in [6.45, 7) is 0. The minimum Gasteiger partial charge on any atom is -0.456 e. The Hall–Kier alpha value is -9.38. The molecular weight excluding hydrogens is 851 g/mol. The summed E-state index contributed by atoms with van der Waals surface area (Å²) in [5.74, 6) is 1.48. The fourth-order valence-corrected chi connectivity index (χ4v) is 11.1. The first kappa shape index (κ1) is 38.7. The van der Waals surface area contributed by atoms with Gasteiger partial charge in [0.1, 0.15) is 17.0 Å². The van der Waals surface area contributed by atoms with Gasteiger partial charge >= 0.3 is 0 Å². The van der Waals surface area contributed by atoms with Crippen molar-refractivity contribution >= 4 is 97.6 Å². The average Bonchev–Trinajstić information content (AvgIpc) is 3.97. The highest BCUT2D eigenvalue weighted by Crippen LogP contribution is 2.44. The highest BCUT2D eigenvalue weighted by molar-refractivity contribution is 6.29. The van der Waals surface area contributed by atoms with Crippen LogP contribution in [-0.2, 0) is 0 Å². The van der Waals surface area contributed by atoms with Crippen LogP contribution in [-0.4, -0.2) is 14.5 Å². The van der Waals surface area contributed by atoms with Gasteiger partial charge in [0.05, 0.1) is 16.7 Å². The smallest absolute Gasteiger partial charge is 0.162 e. The average molecular weight is 890 g/mol. The fourth-order valence-electron chi connectivity index (χ4n) is 11.1. The molecule has 0 aliphatic rings. The van der Waals surface area contributed by atoms with Crippen LogP contribution in [0.15, 0.2) is 241 Å². The number of para-hydroxylation sites is 1. The Kier molecular flexibility index (Phi) is 8.33. The largest absolute Gasteiger partial charge is 0.456 e. The molecule has 0 radical (unpaired) electrons. The normalized spacial score (nSPS) is 12.0. The number of furan rings is 1. The van der Waals surface area contributed by atoms with Crippen molar-refractivity contribution in [2.24, 2.45) is 0 Å². The predicted octanol–water partition coefficient (Wildman–Crippen LogP) is 17.9. The van der Waals surface area contributed by atoms with Crippen LogP contribution < -0.4 is 0 Å². The lowest BCUT2D eigenvalue weighted by molar-refractivity contribution is 0.669. The number of hydrogen-bond acceptors (Lipinski definition) is 3. The van der Waals surface area contributed by atoms with Crippen LogP contribution in [0, 0.1) is 0 Å². The van der Waals surface area contributed by atoms with Gasteiger partial charge in [-0.05, 0) is 137 Å². The summed E-state index contributed by atoms with van der Waals surface area (Å²) in [4.78, 5) is 10.9. The summed E-state index contributed by atoms with van der Waals surface area (Å²) in [6, 6.07) is 85.4. The van der Waals surface area contributed by atoms with Crippen molar-refractivity contribution in [1.82, 2.24) is 14.5 Å². The maximum Gasteiger partial charge on any atom is 0.162 e. The maximum atomic E-state index is 6.36. The van der Waals surface area contributed by atoms with E-state index in [9.17, 15) is 0 Å². The summed E-state index contributed by atoms with van der Waals surface area (Å²) in [5.41, 5.74) is 11.4. The van der Waals surface area contributed by atoms with Gasteiger partial charge in [-0.1, -0.05) is 170 Å². The molecule has 4 heteroatoms. The molecule has 0 N–H and O–H groups in total. The molecule has 15 aromatic rings. The van der Waals surface area contributed by atoms with Crippen LogP contribution in [0.1, 0.15) is 0 Å². The Morgan fingerprint density at radius 3 is 1.59 bits per heavy atom. The summed E-state index contributed by atoms with van der Waals surface area (Å²) in [7, 11) is 0. The molecule has 0 bridgehead atoms. The van der Waals surface area contributed by atoms with Gasteiger partial charge in [-0.25, -0.2) is 9.97 Å². The van der Waals surface area contributed by atoms with Crippen molar-refractivity contribution in [3.63, 3.8) is 0 Å².